The zero-order valence-electron chi connectivity index (χ0n) is 17.8. The number of fused-ring (bicyclic) bond motifs is 1. The van der Waals surface area contributed by atoms with Crippen molar-refractivity contribution in [3.8, 4) is 11.5 Å². The average molecular weight is 430 g/mol. The van der Waals surface area contributed by atoms with E-state index in [2.05, 4.69) is 11.9 Å². The highest BCUT2D eigenvalue weighted by molar-refractivity contribution is 7.10. The maximum absolute atomic E-state index is 13.8. The third-order valence-electron chi connectivity index (χ3n) is 6.09. The Morgan fingerprint density at radius 2 is 1.73 bits per heavy atom. The number of ether oxygens (including phenoxy) is 2. The number of amides is 2. The van der Waals surface area contributed by atoms with Crippen LogP contribution in [0.15, 0.2) is 29.6 Å². The van der Waals surface area contributed by atoms with Crippen LogP contribution in [0.2, 0.25) is 0 Å². The van der Waals surface area contributed by atoms with E-state index in [0.29, 0.717) is 35.7 Å². The van der Waals surface area contributed by atoms with Crippen molar-refractivity contribution in [1.82, 2.24) is 14.7 Å². The highest BCUT2D eigenvalue weighted by Gasteiger charge is 2.45. The molecule has 2 atom stereocenters. The molecule has 3 heterocycles. The lowest BCUT2D eigenvalue weighted by Crippen LogP contribution is -2.52. The third kappa shape index (κ3) is 3.44. The lowest BCUT2D eigenvalue weighted by atomic mass is 9.81. The summed E-state index contributed by atoms with van der Waals surface area (Å²) in [6.07, 6.45) is 0. The third-order valence-corrected chi connectivity index (χ3v) is 7.03. The molecular weight excluding hydrogens is 402 g/mol. The largest absolute Gasteiger partial charge is 0.493 e. The van der Waals surface area contributed by atoms with Crippen LogP contribution in [0, 0.1) is 0 Å². The molecule has 1 aromatic carbocycles. The summed E-state index contributed by atoms with van der Waals surface area (Å²) in [6.45, 7) is 3.05. The molecule has 0 bridgehead atoms. The maximum Gasteiger partial charge on any atom is 0.254 e. The van der Waals surface area contributed by atoms with Gasteiger partial charge in [-0.25, -0.2) is 0 Å². The highest BCUT2D eigenvalue weighted by Crippen LogP contribution is 2.47. The van der Waals surface area contributed by atoms with Crippen LogP contribution in [0.1, 0.15) is 32.8 Å². The van der Waals surface area contributed by atoms with E-state index in [1.54, 1.807) is 49.6 Å². The summed E-state index contributed by atoms with van der Waals surface area (Å²) in [5.41, 5.74) is 1.20. The van der Waals surface area contributed by atoms with Gasteiger partial charge in [0.1, 0.15) is 0 Å². The first-order chi connectivity index (χ1) is 14.5. The molecule has 30 heavy (non-hydrogen) atoms. The first-order valence-electron chi connectivity index (χ1n) is 10.00. The molecule has 2 amide bonds. The number of methoxy groups -OCH3 is 2. The molecule has 2 aromatic rings. The van der Waals surface area contributed by atoms with Crippen molar-refractivity contribution < 1.29 is 19.1 Å². The Morgan fingerprint density at radius 3 is 2.33 bits per heavy atom. The van der Waals surface area contributed by atoms with Crippen LogP contribution in [0.25, 0.3) is 0 Å². The molecule has 2 aliphatic heterocycles. The summed E-state index contributed by atoms with van der Waals surface area (Å²) < 4.78 is 10.9. The Labute approximate surface area is 180 Å². The Kier molecular flexibility index (Phi) is 5.71. The van der Waals surface area contributed by atoms with Gasteiger partial charge in [-0.1, -0.05) is 6.07 Å². The SMILES string of the molecule is COc1cc2c(cc1OC)[C@H](C(=O)N1CCN(C)CC1)[C@H](c1cccs1)N(C)C2=O. The van der Waals surface area contributed by atoms with Crippen LogP contribution < -0.4 is 9.47 Å². The van der Waals surface area contributed by atoms with Crippen molar-refractivity contribution in [3.05, 3.63) is 45.6 Å². The van der Waals surface area contributed by atoms with Gasteiger partial charge in [0.05, 0.1) is 26.2 Å². The molecule has 8 heteroatoms. The first kappa shape index (κ1) is 20.7. The second-order valence-corrected chi connectivity index (χ2v) is 8.76. The minimum absolute atomic E-state index is 0.0503. The molecule has 0 saturated carbocycles. The summed E-state index contributed by atoms with van der Waals surface area (Å²) in [5.74, 6) is 0.443. The van der Waals surface area contributed by atoms with Gasteiger partial charge in [-0.15, -0.1) is 11.3 Å². The maximum atomic E-state index is 13.8. The number of hydrogen-bond donors (Lipinski definition) is 0. The number of benzene rings is 1. The van der Waals surface area contributed by atoms with Gasteiger partial charge in [0.25, 0.3) is 5.91 Å². The summed E-state index contributed by atoms with van der Waals surface area (Å²) in [7, 11) is 6.95. The molecule has 0 spiro atoms. The second kappa shape index (κ2) is 8.28. The van der Waals surface area contributed by atoms with Gasteiger partial charge >= 0.3 is 0 Å². The minimum atomic E-state index is -0.496. The Morgan fingerprint density at radius 1 is 1.07 bits per heavy atom. The molecule has 0 aliphatic carbocycles. The van der Waals surface area contributed by atoms with E-state index < -0.39 is 5.92 Å². The number of thiophene rings is 1. The van der Waals surface area contributed by atoms with Gasteiger partial charge in [-0.3, -0.25) is 9.59 Å². The summed E-state index contributed by atoms with van der Waals surface area (Å²) >= 11 is 1.57. The molecule has 0 N–H and O–H groups in total. The lowest BCUT2D eigenvalue weighted by molar-refractivity contribution is -0.136. The van der Waals surface area contributed by atoms with Crippen LogP contribution in [0.5, 0.6) is 11.5 Å². The normalized spacial score (nSPS) is 22.1. The minimum Gasteiger partial charge on any atom is -0.493 e. The molecule has 0 unspecified atom stereocenters. The number of nitrogens with zero attached hydrogens (tertiary/aromatic N) is 3. The van der Waals surface area contributed by atoms with Gasteiger partial charge in [-0.05, 0) is 36.2 Å². The van der Waals surface area contributed by atoms with E-state index in [1.807, 2.05) is 22.4 Å². The zero-order chi connectivity index (χ0) is 21.4. The number of piperazine rings is 1. The topological polar surface area (TPSA) is 62.3 Å². The van der Waals surface area contributed by atoms with Crippen molar-refractivity contribution in [3.63, 3.8) is 0 Å². The van der Waals surface area contributed by atoms with Crippen LogP contribution in [0.4, 0.5) is 0 Å². The number of likely N-dealkylation sites (N-methyl/N-ethyl adjacent to an activating group) is 2. The van der Waals surface area contributed by atoms with Gasteiger partial charge in [0.15, 0.2) is 11.5 Å². The van der Waals surface area contributed by atoms with Gasteiger partial charge in [0, 0.05) is 43.7 Å². The number of carbonyl (C=O) groups excluding carboxylic acids is 2. The van der Waals surface area contributed by atoms with E-state index in [4.69, 9.17) is 9.47 Å². The molecule has 0 radical (unpaired) electrons. The predicted octanol–water partition coefficient (Wildman–Crippen LogP) is 2.45. The quantitative estimate of drug-likeness (QED) is 0.747. The molecule has 1 saturated heterocycles. The molecule has 1 fully saturated rings. The van der Waals surface area contributed by atoms with E-state index in [0.717, 1.165) is 18.0 Å². The summed E-state index contributed by atoms with van der Waals surface area (Å²) in [4.78, 5) is 34.0. The fourth-order valence-corrected chi connectivity index (χ4v) is 5.26. The smallest absolute Gasteiger partial charge is 0.254 e. The molecule has 160 valence electrons. The average Bonchev–Trinajstić information content (AvgIpc) is 3.29. The summed E-state index contributed by atoms with van der Waals surface area (Å²) in [6, 6.07) is 7.10. The number of rotatable bonds is 4. The standard InChI is InChI=1S/C22H27N3O4S/c1-23-7-9-25(10-8-23)22(27)19-14-12-16(28-3)17(29-4)13-15(14)21(26)24(2)20(19)18-6-5-11-30-18/h5-6,11-13,19-20H,7-10H2,1-4H3/t19-,20-/m0/s1. The monoisotopic (exact) mass is 429 g/mol. The number of hydrogen-bond acceptors (Lipinski definition) is 6. The zero-order valence-corrected chi connectivity index (χ0v) is 18.6. The van der Waals surface area contributed by atoms with E-state index in [1.165, 1.54) is 0 Å². The molecule has 1 aromatic heterocycles. The van der Waals surface area contributed by atoms with Crippen LogP contribution in [-0.2, 0) is 4.79 Å². The molecular formula is C22H27N3O4S. The fraction of sp³-hybridized carbons (Fsp3) is 0.455. The van der Waals surface area contributed by atoms with Crippen molar-refractivity contribution in [2.24, 2.45) is 0 Å². The van der Waals surface area contributed by atoms with Crippen molar-refractivity contribution >= 4 is 23.2 Å². The highest BCUT2D eigenvalue weighted by atomic mass is 32.1. The Bertz CT molecular complexity index is 938. The van der Waals surface area contributed by atoms with E-state index >= 15 is 0 Å². The fourth-order valence-electron chi connectivity index (χ4n) is 4.35. The van der Waals surface area contributed by atoms with Crippen molar-refractivity contribution in [2.75, 3.05) is 54.5 Å². The van der Waals surface area contributed by atoms with Gasteiger partial charge in [-0.2, -0.15) is 0 Å². The predicted molar refractivity (Wildman–Crippen MR) is 116 cm³/mol. The Hall–Kier alpha value is -2.58. The first-order valence-corrected chi connectivity index (χ1v) is 10.9. The lowest BCUT2D eigenvalue weighted by Gasteiger charge is -2.42. The van der Waals surface area contributed by atoms with Crippen molar-refractivity contribution in [1.29, 1.82) is 0 Å². The second-order valence-electron chi connectivity index (χ2n) is 7.78. The van der Waals surface area contributed by atoms with Crippen LogP contribution >= 0.6 is 11.3 Å². The van der Waals surface area contributed by atoms with E-state index in [9.17, 15) is 9.59 Å². The molecule has 4 rings (SSSR count). The number of carbonyl (C=O) groups is 2. The van der Waals surface area contributed by atoms with E-state index in [-0.39, 0.29) is 17.9 Å². The van der Waals surface area contributed by atoms with Gasteiger partial charge in [0.2, 0.25) is 5.91 Å². The molecule has 2 aliphatic rings. The van der Waals surface area contributed by atoms with Crippen molar-refractivity contribution in [2.45, 2.75) is 12.0 Å². The summed E-state index contributed by atoms with van der Waals surface area (Å²) in [5, 5.41) is 1.98. The van der Waals surface area contributed by atoms with Gasteiger partial charge < -0.3 is 24.2 Å². The van der Waals surface area contributed by atoms with Crippen LogP contribution in [0.3, 0.4) is 0 Å². The van der Waals surface area contributed by atoms with Crippen LogP contribution in [-0.4, -0.2) is 81.0 Å². The molecule has 7 nitrogen and oxygen atoms in total. The Balaban J connectivity index is 1.85.